The van der Waals surface area contributed by atoms with Crippen molar-refractivity contribution < 1.29 is 14.7 Å². The van der Waals surface area contributed by atoms with Crippen molar-refractivity contribution in [3.05, 3.63) is 24.5 Å². The summed E-state index contributed by atoms with van der Waals surface area (Å²) in [6.07, 6.45) is 3.16. The number of amides is 1. The van der Waals surface area contributed by atoms with Crippen molar-refractivity contribution >= 4 is 17.6 Å². The van der Waals surface area contributed by atoms with Gasteiger partial charge < -0.3 is 15.7 Å². The van der Waals surface area contributed by atoms with Crippen LogP contribution in [0.1, 0.15) is 12.8 Å². The molecule has 1 amide bonds. The second-order valence-electron chi connectivity index (χ2n) is 3.64. The quantitative estimate of drug-likeness (QED) is 0.764. The first kappa shape index (κ1) is 13.1. The van der Waals surface area contributed by atoms with Gasteiger partial charge in [-0.3, -0.25) is 14.6 Å². The number of hydrogen-bond donors (Lipinski definition) is 2. The number of hydrogen-bond acceptors (Lipinski definition) is 4. The zero-order chi connectivity index (χ0) is 12.8. The average molecular weight is 237 g/mol. The van der Waals surface area contributed by atoms with Gasteiger partial charge in [-0.25, -0.2) is 0 Å². The Balaban J connectivity index is 2.60. The Morgan fingerprint density at radius 2 is 2.06 bits per heavy atom. The van der Waals surface area contributed by atoms with Crippen LogP contribution in [0.25, 0.3) is 0 Å². The number of likely N-dealkylation sites (N-methyl/N-ethyl adjacent to an activating group) is 1. The fourth-order valence-corrected chi connectivity index (χ4v) is 1.35. The van der Waals surface area contributed by atoms with E-state index in [1.807, 2.05) is 0 Å². The number of carbonyl (C=O) groups excluding carboxylic acids is 1. The fraction of sp³-hybridized carbons (Fsp3) is 0.364. The van der Waals surface area contributed by atoms with E-state index in [4.69, 9.17) is 10.8 Å². The number of aromatic nitrogens is 1. The molecular weight excluding hydrogens is 222 g/mol. The Labute approximate surface area is 99.1 Å². The zero-order valence-corrected chi connectivity index (χ0v) is 9.54. The van der Waals surface area contributed by atoms with Crippen LogP contribution in [0.3, 0.4) is 0 Å². The number of nitrogens with zero attached hydrogens (tertiary/aromatic N) is 2. The predicted octanol–water partition coefficient (Wildman–Crippen LogP) is 0.236. The van der Waals surface area contributed by atoms with Crippen LogP contribution in [-0.4, -0.2) is 35.1 Å². The molecule has 17 heavy (non-hydrogen) atoms. The first-order chi connectivity index (χ1) is 8.02. The van der Waals surface area contributed by atoms with Crippen molar-refractivity contribution in [1.29, 1.82) is 0 Å². The molecular formula is C11H15N3O3. The van der Waals surface area contributed by atoms with Gasteiger partial charge >= 0.3 is 5.97 Å². The van der Waals surface area contributed by atoms with Gasteiger partial charge in [-0.05, 0) is 18.6 Å². The van der Waals surface area contributed by atoms with E-state index < -0.39 is 12.0 Å². The smallest absolute Gasteiger partial charge is 0.303 e. The summed E-state index contributed by atoms with van der Waals surface area (Å²) in [7, 11) is 1.60. The summed E-state index contributed by atoms with van der Waals surface area (Å²) in [6.45, 7) is 0. The highest BCUT2D eigenvalue weighted by Crippen LogP contribution is 2.11. The van der Waals surface area contributed by atoms with Crippen molar-refractivity contribution in [2.24, 2.45) is 5.73 Å². The second kappa shape index (κ2) is 5.95. The monoisotopic (exact) mass is 237 g/mol. The van der Waals surface area contributed by atoms with Gasteiger partial charge in [0.15, 0.2) is 0 Å². The van der Waals surface area contributed by atoms with E-state index in [1.165, 1.54) is 4.90 Å². The van der Waals surface area contributed by atoms with E-state index in [0.717, 1.165) is 0 Å². The van der Waals surface area contributed by atoms with E-state index in [0.29, 0.717) is 5.69 Å². The molecule has 0 saturated heterocycles. The topological polar surface area (TPSA) is 96.5 Å². The lowest BCUT2D eigenvalue weighted by molar-refractivity contribution is -0.137. The van der Waals surface area contributed by atoms with Crippen molar-refractivity contribution in [2.45, 2.75) is 18.9 Å². The van der Waals surface area contributed by atoms with Gasteiger partial charge in [0.05, 0.1) is 6.04 Å². The molecule has 0 aliphatic rings. The molecule has 1 unspecified atom stereocenters. The number of rotatable bonds is 5. The normalized spacial score (nSPS) is 11.9. The zero-order valence-electron chi connectivity index (χ0n) is 9.54. The summed E-state index contributed by atoms with van der Waals surface area (Å²) in [6, 6.07) is 2.56. The summed E-state index contributed by atoms with van der Waals surface area (Å²) in [5.41, 5.74) is 6.31. The number of carboxylic acid groups (broad SMARTS) is 1. The summed E-state index contributed by atoms with van der Waals surface area (Å²) in [5.74, 6) is -1.27. The van der Waals surface area contributed by atoms with Gasteiger partial charge in [0.1, 0.15) is 0 Å². The summed E-state index contributed by atoms with van der Waals surface area (Å²) < 4.78 is 0. The maximum Gasteiger partial charge on any atom is 0.303 e. The van der Waals surface area contributed by atoms with Crippen molar-refractivity contribution in [3.63, 3.8) is 0 Å². The van der Waals surface area contributed by atoms with E-state index >= 15 is 0 Å². The molecule has 0 spiro atoms. The molecule has 6 heteroatoms. The third-order valence-corrected chi connectivity index (χ3v) is 2.37. The summed E-state index contributed by atoms with van der Waals surface area (Å²) >= 11 is 0. The van der Waals surface area contributed by atoms with Crippen molar-refractivity contribution in [1.82, 2.24) is 4.98 Å². The lowest BCUT2D eigenvalue weighted by Crippen LogP contribution is -2.42. The summed E-state index contributed by atoms with van der Waals surface area (Å²) in [5, 5.41) is 8.51. The van der Waals surface area contributed by atoms with Gasteiger partial charge in [-0.2, -0.15) is 0 Å². The minimum Gasteiger partial charge on any atom is -0.481 e. The van der Waals surface area contributed by atoms with Crippen LogP contribution < -0.4 is 10.6 Å². The van der Waals surface area contributed by atoms with Crippen LogP contribution in [0, 0.1) is 0 Å². The van der Waals surface area contributed by atoms with Crippen LogP contribution in [0.2, 0.25) is 0 Å². The molecule has 0 aliphatic carbocycles. The predicted molar refractivity (Wildman–Crippen MR) is 62.5 cm³/mol. The fourth-order valence-electron chi connectivity index (χ4n) is 1.35. The van der Waals surface area contributed by atoms with Crippen LogP contribution in [0.5, 0.6) is 0 Å². The number of carbonyl (C=O) groups is 2. The molecule has 0 bridgehead atoms. The number of anilines is 1. The van der Waals surface area contributed by atoms with E-state index in [9.17, 15) is 9.59 Å². The molecule has 0 aliphatic heterocycles. The molecule has 0 radical (unpaired) electrons. The number of nitrogens with two attached hydrogens (primary N) is 1. The summed E-state index contributed by atoms with van der Waals surface area (Å²) in [4.78, 5) is 27.5. The third kappa shape index (κ3) is 3.84. The van der Waals surface area contributed by atoms with Crippen LogP contribution in [0.4, 0.5) is 5.69 Å². The van der Waals surface area contributed by atoms with Crippen molar-refractivity contribution in [2.75, 3.05) is 11.9 Å². The Kier molecular flexibility index (Phi) is 4.59. The van der Waals surface area contributed by atoms with Gasteiger partial charge in [-0.15, -0.1) is 0 Å². The first-order valence-corrected chi connectivity index (χ1v) is 5.17. The average Bonchev–Trinajstić information content (AvgIpc) is 2.35. The highest BCUT2D eigenvalue weighted by atomic mass is 16.4. The first-order valence-electron chi connectivity index (χ1n) is 5.17. The van der Waals surface area contributed by atoms with Crippen LogP contribution in [-0.2, 0) is 9.59 Å². The Morgan fingerprint density at radius 1 is 1.47 bits per heavy atom. The lowest BCUT2D eigenvalue weighted by atomic mass is 10.1. The molecule has 1 atom stereocenters. The van der Waals surface area contributed by atoms with Gasteiger partial charge in [-0.1, -0.05) is 0 Å². The van der Waals surface area contributed by atoms with Gasteiger partial charge in [0.2, 0.25) is 5.91 Å². The highest BCUT2D eigenvalue weighted by molar-refractivity contribution is 5.96. The Bertz CT molecular complexity index is 394. The SMILES string of the molecule is CN(C(=O)C(N)CCC(=O)O)c1ccncc1. The van der Waals surface area contributed by atoms with Crippen molar-refractivity contribution in [3.8, 4) is 0 Å². The number of aliphatic carboxylic acids is 1. The minimum absolute atomic E-state index is 0.114. The lowest BCUT2D eigenvalue weighted by Gasteiger charge is -2.20. The highest BCUT2D eigenvalue weighted by Gasteiger charge is 2.19. The molecule has 92 valence electrons. The minimum atomic E-state index is -0.959. The van der Waals surface area contributed by atoms with E-state index in [2.05, 4.69) is 4.98 Å². The van der Waals surface area contributed by atoms with Gasteiger partial charge in [0, 0.05) is 31.5 Å². The van der Waals surface area contributed by atoms with E-state index in [-0.39, 0.29) is 18.7 Å². The molecule has 0 saturated carbocycles. The molecule has 0 fully saturated rings. The molecule has 1 aromatic heterocycles. The third-order valence-electron chi connectivity index (χ3n) is 2.37. The molecule has 3 N–H and O–H groups in total. The largest absolute Gasteiger partial charge is 0.481 e. The molecule has 0 aromatic carbocycles. The Hall–Kier alpha value is -1.95. The molecule has 1 rings (SSSR count). The van der Waals surface area contributed by atoms with E-state index in [1.54, 1.807) is 31.6 Å². The standard InChI is InChI=1S/C11H15N3O3/c1-14(8-4-6-13-7-5-8)11(17)9(12)2-3-10(15)16/h4-7,9H,2-3,12H2,1H3,(H,15,16). The van der Waals surface area contributed by atoms with Crippen LogP contribution >= 0.6 is 0 Å². The molecule has 1 aromatic rings. The molecule has 1 heterocycles. The van der Waals surface area contributed by atoms with Crippen LogP contribution in [0.15, 0.2) is 24.5 Å². The Morgan fingerprint density at radius 3 is 2.59 bits per heavy atom. The van der Waals surface area contributed by atoms with Gasteiger partial charge in [0.25, 0.3) is 0 Å². The second-order valence-corrected chi connectivity index (χ2v) is 3.64. The number of pyridine rings is 1. The molecule has 6 nitrogen and oxygen atoms in total. The maximum absolute atomic E-state index is 11.8. The number of carboxylic acids is 1. The maximum atomic E-state index is 11.8.